The number of rotatable bonds is 3. The van der Waals surface area contributed by atoms with E-state index < -0.39 is 5.56 Å². The number of benzene rings is 1. The first-order valence-electron chi connectivity index (χ1n) is 6.71. The molecule has 23 heavy (non-hydrogen) atoms. The second-order valence-electron chi connectivity index (χ2n) is 4.90. The van der Waals surface area contributed by atoms with Crippen molar-refractivity contribution in [2.75, 3.05) is 5.32 Å². The van der Waals surface area contributed by atoms with E-state index in [1.54, 1.807) is 31.2 Å². The maximum atomic E-state index is 12.2. The summed E-state index contributed by atoms with van der Waals surface area (Å²) in [7, 11) is 0. The summed E-state index contributed by atoms with van der Waals surface area (Å²) in [5.41, 5.74) is 2.02. The maximum Gasteiger partial charge on any atom is 0.269 e. The average molecular weight is 325 g/mol. The number of aromatic nitrogens is 3. The first-order chi connectivity index (χ1) is 11.1. The van der Waals surface area contributed by atoms with E-state index in [2.05, 4.69) is 14.1 Å². The normalized spacial score (nSPS) is 10.4. The SMILES string of the molecule is Cc1ccn(CC(=O)Nc2cccc3nsnc23)c(=O)c1C#N. The Morgan fingerprint density at radius 1 is 1.39 bits per heavy atom. The molecule has 0 unspecified atom stereocenters. The fourth-order valence-electron chi connectivity index (χ4n) is 2.18. The Morgan fingerprint density at radius 3 is 3.00 bits per heavy atom. The van der Waals surface area contributed by atoms with Crippen molar-refractivity contribution in [2.45, 2.75) is 13.5 Å². The summed E-state index contributed by atoms with van der Waals surface area (Å²) in [6, 6.07) is 8.80. The molecule has 0 atom stereocenters. The Bertz CT molecular complexity index is 999. The average Bonchev–Trinajstić information content (AvgIpc) is 3.00. The lowest BCUT2D eigenvalue weighted by Gasteiger charge is -2.08. The molecule has 3 aromatic rings. The molecule has 1 aromatic carbocycles. The van der Waals surface area contributed by atoms with Crippen LogP contribution in [0.3, 0.4) is 0 Å². The van der Waals surface area contributed by atoms with Crippen LogP contribution in [0, 0.1) is 18.3 Å². The summed E-state index contributed by atoms with van der Waals surface area (Å²) in [4.78, 5) is 24.3. The minimum atomic E-state index is -0.476. The molecule has 0 saturated carbocycles. The van der Waals surface area contributed by atoms with Crippen LogP contribution >= 0.6 is 11.7 Å². The van der Waals surface area contributed by atoms with Crippen LogP contribution in [-0.4, -0.2) is 19.2 Å². The molecule has 2 heterocycles. The second-order valence-corrected chi connectivity index (χ2v) is 5.43. The Labute approximate surface area is 135 Å². The zero-order valence-electron chi connectivity index (χ0n) is 12.1. The van der Waals surface area contributed by atoms with Gasteiger partial charge in [0.15, 0.2) is 0 Å². The molecule has 2 aromatic heterocycles. The minimum absolute atomic E-state index is 0.0473. The van der Waals surface area contributed by atoms with E-state index in [4.69, 9.17) is 5.26 Å². The molecule has 7 nitrogen and oxygen atoms in total. The number of nitriles is 1. The topological polar surface area (TPSA) is 101 Å². The lowest BCUT2D eigenvalue weighted by atomic mass is 10.2. The molecule has 0 fully saturated rings. The van der Waals surface area contributed by atoms with Crippen LogP contribution in [0.2, 0.25) is 0 Å². The zero-order chi connectivity index (χ0) is 16.4. The van der Waals surface area contributed by atoms with Crippen molar-refractivity contribution in [1.29, 1.82) is 5.26 Å². The van der Waals surface area contributed by atoms with Crippen molar-refractivity contribution < 1.29 is 4.79 Å². The van der Waals surface area contributed by atoms with Crippen LogP contribution < -0.4 is 10.9 Å². The van der Waals surface area contributed by atoms with Crippen LogP contribution in [0.4, 0.5) is 5.69 Å². The molecule has 1 N–H and O–H groups in total. The lowest BCUT2D eigenvalue weighted by molar-refractivity contribution is -0.116. The van der Waals surface area contributed by atoms with Crippen molar-refractivity contribution in [3.05, 3.63) is 51.9 Å². The number of carbonyl (C=O) groups excluding carboxylic acids is 1. The molecule has 0 spiro atoms. The molecule has 8 heteroatoms. The highest BCUT2D eigenvalue weighted by Crippen LogP contribution is 2.20. The highest BCUT2D eigenvalue weighted by molar-refractivity contribution is 7.00. The van der Waals surface area contributed by atoms with Gasteiger partial charge in [-0.05, 0) is 30.7 Å². The Kier molecular flexibility index (Phi) is 3.87. The number of nitrogens with zero attached hydrogens (tertiary/aromatic N) is 4. The maximum absolute atomic E-state index is 12.2. The number of amides is 1. The summed E-state index contributed by atoms with van der Waals surface area (Å²) in [6.07, 6.45) is 1.50. The van der Waals surface area contributed by atoms with E-state index in [9.17, 15) is 9.59 Å². The van der Waals surface area contributed by atoms with Gasteiger partial charge >= 0.3 is 0 Å². The van der Waals surface area contributed by atoms with Gasteiger partial charge in [0.1, 0.15) is 29.2 Å². The number of carbonyl (C=O) groups is 1. The van der Waals surface area contributed by atoms with E-state index in [1.165, 1.54) is 10.8 Å². The largest absolute Gasteiger partial charge is 0.323 e. The van der Waals surface area contributed by atoms with Gasteiger partial charge in [0.25, 0.3) is 5.56 Å². The fraction of sp³-hybridized carbons (Fsp3) is 0.133. The molecule has 114 valence electrons. The monoisotopic (exact) mass is 325 g/mol. The summed E-state index contributed by atoms with van der Waals surface area (Å²) < 4.78 is 9.45. The lowest BCUT2D eigenvalue weighted by Crippen LogP contribution is -2.29. The molecule has 0 saturated heterocycles. The predicted octanol–water partition coefficient (Wildman–Crippen LogP) is 1.67. The number of hydrogen-bond donors (Lipinski definition) is 1. The summed E-state index contributed by atoms with van der Waals surface area (Å²) in [5, 5.41) is 11.7. The number of anilines is 1. The number of pyridine rings is 1. The number of nitrogens with one attached hydrogen (secondary N) is 1. The van der Waals surface area contributed by atoms with Gasteiger partial charge < -0.3 is 9.88 Å². The van der Waals surface area contributed by atoms with Crippen LogP contribution in [0.15, 0.2) is 35.3 Å². The van der Waals surface area contributed by atoms with E-state index in [-0.39, 0.29) is 18.0 Å². The van der Waals surface area contributed by atoms with Crippen molar-refractivity contribution in [1.82, 2.24) is 13.3 Å². The summed E-state index contributed by atoms with van der Waals surface area (Å²) in [6.45, 7) is 1.50. The number of aryl methyl sites for hydroxylation is 1. The summed E-state index contributed by atoms with van der Waals surface area (Å²) >= 11 is 1.06. The summed E-state index contributed by atoms with van der Waals surface area (Å²) in [5.74, 6) is -0.375. The number of fused-ring (bicyclic) bond motifs is 1. The van der Waals surface area contributed by atoms with E-state index in [0.29, 0.717) is 22.3 Å². The molecule has 0 aliphatic rings. The smallest absolute Gasteiger partial charge is 0.269 e. The first-order valence-corrected chi connectivity index (χ1v) is 7.44. The van der Waals surface area contributed by atoms with E-state index in [1.807, 2.05) is 6.07 Å². The predicted molar refractivity (Wildman–Crippen MR) is 86.2 cm³/mol. The van der Waals surface area contributed by atoms with Gasteiger partial charge in [-0.1, -0.05) is 6.07 Å². The second kappa shape index (κ2) is 5.98. The molecule has 0 aliphatic carbocycles. The van der Waals surface area contributed by atoms with Crippen LogP contribution in [0.1, 0.15) is 11.1 Å². The van der Waals surface area contributed by atoms with Crippen molar-refractivity contribution in [3.63, 3.8) is 0 Å². The molecule has 1 amide bonds. The molecular formula is C15H11N5O2S. The third kappa shape index (κ3) is 2.82. The molecule has 0 bridgehead atoms. The Morgan fingerprint density at radius 2 is 2.22 bits per heavy atom. The van der Waals surface area contributed by atoms with Gasteiger partial charge in [0.05, 0.1) is 17.4 Å². The molecule has 3 rings (SSSR count). The van der Waals surface area contributed by atoms with Crippen molar-refractivity contribution >= 4 is 34.4 Å². The van der Waals surface area contributed by atoms with Crippen LogP contribution in [0.5, 0.6) is 0 Å². The highest BCUT2D eigenvalue weighted by atomic mass is 32.1. The molecule has 0 aliphatic heterocycles. The zero-order valence-corrected chi connectivity index (χ0v) is 12.9. The fourth-order valence-corrected chi connectivity index (χ4v) is 2.73. The van der Waals surface area contributed by atoms with Gasteiger partial charge in [-0.3, -0.25) is 9.59 Å². The third-order valence-corrected chi connectivity index (χ3v) is 3.90. The van der Waals surface area contributed by atoms with Gasteiger partial charge in [0.2, 0.25) is 5.91 Å². The van der Waals surface area contributed by atoms with Gasteiger partial charge in [-0.2, -0.15) is 14.0 Å². The minimum Gasteiger partial charge on any atom is -0.323 e. The molecular weight excluding hydrogens is 314 g/mol. The van der Waals surface area contributed by atoms with Crippen LogP contribution in [-0.2, 0) is 11.3 Å². The first kappa shape index (κ1) is 14.9. The van der Waals surface area contributed by atoms with E-state index in [0.717, 1.165) is 11.7 Å². The standard InChI is InChI=1S/C15H11N5O2S/c1-9-5-6-20(15(22)10(9)7-16)8-13(21)17-11-3-2-4-12-14(11)19-23-18-12/h2-6H,8H2,1H3,(H,17,21). The Balaban J connectivity index is 1.85. The third-order valence-electron chi connectivity index (χ3n) is 3.36. The Hall–Kier alpha value is -3.05. The van der Waals surface area contributed by atoms with Crippen molar-refractivity contribution in [3.8, 4) is 6.07 Å². The van der Waals surface area contributed by atoms with Gasteiger partial charge in [0, 0.05) is 6.20 Å². The quantitative estimate of drug-likeness (QED) is 0.789. The van der Waals surface area contributed by atoms with Gasteiger partial charge in [-0.15, -0.1) is 0 Å². The van der Waals surface area contributed by atoms with E-state index >= 15 is 0 Å². The number of hydrogen-bond acceptors (Lipinski definition) is 6. The molecule has 0 radical (unpaired) electrons. The van der Waals surface area contributed by atoms with Crippen LogP contribution in [0.25, 0.3) is 11.0 Å². The highest BCUT2D eigenvalue weighted by Gasteiger charge is 2.12. The van der Waals surface area contributed by atoms with Gasteiger partial charge in [-0.25, -0.2) is 0 Å². The van der Waals surface area contributed by atoms with Crippen molar-refractivity contribution in [2.24, 2.45) is 0 Å².